The third-order valence-electron chi connectivity index (χ3n) is 1.92. The number of hydrogen-bond donors (Lipinski definition) is 2. The van der Waals surface area contributed by atoms with Crippen molar-refractivity contribution in [2.75, 3.05) is 17.6 Å². The average Bonchev–Trinajstić information content (AvgIpc) is 2.79. The summed E-state index contributed by atoms with van der Waals surface area (Å²) in [5, 5.41) is 4.32. The number of H-pyrrole nitrogens is 1. The van der Waals surface area contributed by atoms with Gasteiger partial charge in [0, 0.05) is 30.4 Å². The van der Waals surface area contributed by atoms with E-state index in [2.05, 4.69) is 27.4 Å². The molecule has 15 heavy (non-hydrogen) atoms. The SMILES string of the molecule is c1ccc(NCCSc2ncc[nH]2)cc1. The van der Waals surface area contributed by atoms with Gasteiger partial charge in [-0.25, -0.2) is 4.98 Å². The van der Waals surface area contributed by atoms with Gasteiger partial charge in [0.1, 0.15) is 0 Å². The predicted octanol–water partition coefficient (Wildman–Crippen LogP) is 2.61. The fourth-order valence-electron chi connectivity index (χ4n) is 1.23. The molecule has 0 fully saturated rings. The van der Waals surface area contributed by atoms with E-state index in [0.29, 0.717) is 0 Å². The second-order valence-electron chi connectivity index (χ2n) is 3.04. The summed E-state index contributed by atoms with van der Waals surface area (Å²) in [5.74, 6) is 1.00. The van der Waals surface area contributed by atoms with Crippen molar-refractivity contribution in [2.45, 2.75) is 5.16 Å². The maximum Gasteiger partial charge on any atom is 0.165 e. The van der Waals surface area contributed by atoms with Crippen LogP contribution in [0.3, 0.4) is 0 Å². The summed E-state index contributed by atoms with van der Waals surface area (Å²) in [4.78, 5) is 7.20. The molecule has 0 atom stereocenters. The molecule has 0 radical (unpaired) electrons. The zero-order valence-corrected chi connectivity index (χ0v) is 9.13. The van der Waals surface area contributed by atoms with Crippen LogP contribution in [0, 0.1) is 0 Å². The van der Waals surface area contributed by atoms with Gasteiger partial charge < -0.3 is 10.3 Å². The second-order valence-corrected chi connectivity index (χ2v) is 4.12. The van der Waals surface area contributed by atoms with Crippen molar-refractivity contribution in [2.24, 2.45) is 0 Å². The van der Waals surface area contributed by atoms with Gasteiger partial charge in [-0.05, 0) is 12.1 Å². The molecule has 3 nitrogen and oxygen atoms in total. The molecule has 0 unspecified atom stereocenters. The molecule has 0 saturated heterocycles. The molecule has 2 N–H and O–H groups in total. The molecule has 4 heteroatoms. The van der Waals surface area contributed by atoms with Crippen molar-refractivity contribution < 1.29 is 0 Å². The first-order valence-electron chi connectivity index (χ1n) is 4.86. The highest BCUT2D eigenvalue weighted by Crippen LogP contribution is 2.11. The zero-order chi connectivity index (χ0) is 10.3. The summed E-state index contributed by atoms with van der Waals surface area (Å²) in [6, 6.07) is 10.2. The maximum atomic E-state index is 4.14. The van der Waals surface area contributed by atoms with Crippen LogP contribution < -0.4 is 5.32 Å². The highest BCUT2D eigenvalue weighted by atomic mass is 32.2. The lowest BCUT2D eigenvalue weighted by molar-refractivity contribution is 1.05. The summed E-state index contributed by atoms with van der Waals surface area (Å²) < 4.78 is 0. The second kappa shape index (κ2) is 5.46. The lowest BCUT2D eigenvalue weighted by atomic mass is 10.3. The molecule has 0 aliphatic rings. The van der Waals surface area contributed by atoms with E-state index in [9.17, 15) is 0 Å². The highest BCUT2D eigenvalue weighted by molar-refractivity contribution is 7.99. The molecule has 78 valence electrons. The van der Waals surface area contributed by atoms with E-state index in [4.69, 9.17) is 0 Å². The van der Waals surface area contributed by atoms with Gasteiger partial charge in [0.05, 0.1) is 0 Å². The summed E-state index contributed by atoms with van der Waals surface area (Å²) >= 11 is 1.72. The largest absolute Gasteiger partial charge is 0.384 e. The van der Waals surface area contributed by atoms with Crippen LogP contribution >= 0.6 is 11.8 Å². The van der Waals surface area contributed by atoms with E-state index in [1.54, 1.807) is 18.0 Å². The van der Waals surface area contributed by atoms with Crippen molar-refractivity contribution >= 4 is 17.4 Å². The van der Waals surface area contributed by atoms with Gasteiger partial charge in [-0.2, -0.15) is 0 Å². The topological polar surface area (TPSA) is 40.7 Å². The third-order valence-corrected chi connectivity index (χ3v) is 2.82. The Morgan fingerprint density at radius 1 is 1.27 bits per heavy atom. The van der Waals surface area contributed by atoms with Crippen LogP contribution in [0.1, 0.15) is 0 Å². The van der Waals surface area contributed by atoms with Crippen LogP contribution in [-0.2, 0) is 0 Å². The first-order chi connectivity index (χ1) is 7.45. The first-order valence-corrected chi connectivity index (χ1v) is 5.85. The maximum absolute atomic E-state index is 4.14. The van der Waals surface area contributed by atoms with Crippen LogP contribution in [0.4, 0.5) is 5.69 Å². The fourth-order valence-corrected chi connectivity index (χ4v) is 1.91. The summed E-state index contributed by atoms with van der Waals surface area (Å²) in [6.07, 6.45) is 3.61. The first kappa shape index (κ1) is 10.1. The third kappa shape index (κ3) is 3.32. The number of thioether (sulfide) groups is 1. The van der Waals surface area contributed by atoms with Crippen LogP contribution in [0.25, 0.3) is 0 Å². The van der Waals surface area contributed by atoms with Gasteiger partial charge in [-0.15, -0.1) is 0 Å². The van der Waals surface area contributed by atoms with E-state index in [1.807, 2.05) is 24.4 Å². The number of imidazole rings is 1. The molecule has 0 aliphatic heterocycles. The molecule has 1 heterocycles. The Labute approximate surface area is 93.3 Å². The Morgan fingerprint density at radius 3 is 2.87 bits per heavy atom. The van der Waals surface area contributed by atoms with Crippen molar-refractivity contribution in [1.29, 1.82) is 0 Å². The van der Waals surface area contributed by atoms with E-state index in [0.717, 1.165) is 23.1 Å². The Hall–Kier alpha value is -1.42. The number of benzene rings is 1. The molecule has 1 aromatic carbocycles. The average molecular weight is 219 g/mol. The van der Waals surface area contributed by atoms with Gasteiger partial charge in [0.15, 0.2) is 5.16 Å². The van der Waals surface area contributed by atoms with E-state index in [-0.39, 0.29) is 0 Å². The van der Waals surface area contributed by atoms with E-state index in [1.165, 1.54) is 0 Å². The minimum absolute atomic E-state index is 0.940. The number of nitrogens with one attached hydrogen (secondary N) is 2. The molecule has 0 aliphatic carbocycles. The molecule has 0 saturated carbocycles. The summed E-state index contributed by atoms with van der Waals surface area (Å²) in [7, 11) is 0. The van der Waals surface area contributed by atoms with Gasteiger partial charge >= 0.3 is 0 Å². The monoisotopic (exact) mass is 219 g/mol. The van der Waals surface area contributed by atoms with Gasteiger partial charge in [0.2, 0.25) is 0 Å². The van der Waals surface area contributed by atoms with Gasteiger partial charge in [-0.3, -0.25) is 0 Å². The fraction of sp³-hybridized carbons (Fsp3) is 0.182. The van der Waals surface area contributed by atoms with E-state index < -0.39 is 0 Å². The van der Waals surface area contributed by atoms with Crippen molar-refractivity contribution in [3.63, 3.8) is 0 Å². The number of hydrogen-bond acceptors (Lipinski definition) is 3. The Balaban J connectivity index is 1.68. The standard InChI is InChI=1S/C11H13N3S/c1-2-4-10(5-3-1)12-8-9-15-11-13-6-7-14-11/h1-7,12H,8-9H2,(H,13,14). The number of nitrogens with zero attached hydrogens (tertiary/aromatic N) is 1. The lowest BCUT2D eigenvalue weighted by Crippen LogP contribution is -2.03. The number of aromatic amines is 1. The van der Waals surface area contributed by atoms with Crippen LogP contribution in [0.15, 0.2) is 47.9 Å². The normalized spacial score (nSPS) is 10.1. The Morgan fingerprint density at radius 2 is 2.13 bits per heavy atom. The summed E-state index contributed by atoms with van der Waals surface area (Å²) in [6.45, 7) is 0.940. The van der Waals surface area contributed by atoms with Crippen LogP contribution in [0.5, 0.6) is 0 Å². The number of para-hydroxylation sites is 1. The number of aromatic nitrogens is 2. The quantitative estimate of drug-likeness (QED) is 0.600. The molecule has 1 aromatic heterocycles. The van der Waals surface area contributed by atoms with Crippen LogP contribution in [-0.4, -0.2) is 22.3 Å². The van der Waals surface area contributed by atoms with E-state index >= 15 is 0 Å². The van der Waals surface area contributed by atoms with Gasteiger partial charge in [0.25, 0.3) is 0 Å². The molecule has 0 amide bonds. The van der Waals surface area contributed by atoms with Crippen molar-refractivity contribution in [3.05, 3.63) is 42.7 Å². The Kier molecular flexibility index (Phi) is 3.68. The molecule has 0 bridgehead atoms. The lowest BCUT2D eigenvalue weighted by Gasteiger charge is -2.04. The van der Waals surface area contributed by atoms with Crippen molar-refractivity contribution in [3.8, 4) is 0 Å². The minimum atomic E-state index is 0.940. The number of anilines is 1. The minimum Gasteiger partial charge on any atom is -0.384 e. The predicted molar refractivity (Wildman–Crippen MR) is 64.2 cm³/mol. The molecule has 2 rings (SSSR count). The highest BCUT2D eigenvalue weighted by Gasteiger charge is 1.94. The zero-order valence-electron chi connectivity index (χ0n) is 8.31. The number of rotatable bonds is 5. The molecular weight excluding hydrogens is 206 g/mol. The smallest absolute Gasteiger partial charge is 0.165 e. The Bertz CT molecular complexity index is 372. The van der Waals surface area contributed by atoms with Crippen LogP contribution in [0.2, 0.25) is 0 Å². The summed E-state index contributed by atoms with van der Waals surface area (Å²) in [5.41, 5.74) is 1.16. The molecular formula is C11H13N3S. The van der Waals surface area contributed by atoms with Gasteiger partial charge in [-0.1, -0.05) is 30.0 Å². The molecule has 0 spiro atoms. The molecule has 2 aromatic rings. The van der Waals surface area contributed by atoms with Crippen molar-refractivity contribution in [1.82, 2.24) is 9.97 Å².